The molecule has 9 heteroatoms. The minimum Gasteiger partial charge on any atom is -0.301 e. The molecule has 98 valence electrons. The lowest BCUT2D eigenvalue weighted by Gasteiger charge is -1.97. The molecule has 0 aromatic carbocycles. The van der Waals surface area contributed by atoms with Gasteiger partial charge in [-0.3, -0.25) is 4.79 Å². The highest BCUT2D eigenvalue weighted by Crippen LogP contribution is 2.21. The molecule has 0 fully saturated rings. The van der Waals surface area contributed by atoms with Gasteiger partial charge in [-0.15, -0.1) is 10.2 Å². The van der Waals surface area contributed by atoms with Gasteiger partial charge in [0.05, 0.1) is 5.71 Å². The lowest BCUT2D eigenvalue weighted by molar-refractivity contribution is -0.114. The Labute approximate surface area is 109 Å². The molecule has 0 radical (unpaired) electrons. The number of carbonyl (C=O) groups excluding carboxylic acids is 1. The summed E-state index contributed by atoms with van der Waals surface area (Å²) in [4.78, 5) is 10.8. The minimum absolute atomic E-state index is 0.115. The van der Waals surface area contributed by atoms with E-state index in [4.69, 9.17) is 0 Å². The van der Waals surface area contributed by atoms with Crippen LogP contribution >= 0.6 is 11.3 Å². The average molecular weight is 288 g/mol. The maximum Gasteiger partial charge on any atom is 0.311 e. The highest BCUT2D eigenvalue weighted by Gasteiger charge is 2.20. The molecular formula is C9H12N4O3S2. The zero-order valence-corrected chi connectivity index (χ0v) is 11.7. The van der Waals surface area contributed by atoms with E-state index in [0.29, 0.717) is 11.3 Å². The van der Waals surface area contributed by atoms with Crippen LogP contribution in [0.15, 0.2) is 20.9 Å². The van der Waals surface area contributed by atoms with Crippen LogP contribution in [0.25, 0.3) is 0 Å². The van der Waals surface area contributed by atoms with E-state index in [2.05, 4.69) is 26.5 Å². The van der Waals surface area contributed by atoms with Crippen molar-refractivity contribution in [1.29, 1.82) is 0 Å². The van der Waals surface area contributed by atoms with Crippen molar-refractivity contribution in [3.63, 3.8) is 0 Å². The van der Waals surface area contributed by atoms with Crippen LogP contribution in [0.5, 0.6) is 0 Å². The van der Waals surface area contributed by atoms with Crippen molar-refractivity contribution in [3.8, 4) is 0 Å². The van der Waals surface area contributed by atoms with Crippen LogP contribution in [0, 0.1) is 0 Å². The van der Waals surface area contributed by atoms with Crippen LogP contribution in [0.3, 0.4) is 0 Å². The summed E-state index contributed by atoms with van der Waals surface area (Å²) in [5, 5.41) is 9.49. The Morgan fingerprint density at radius 2 is 1.94 bits per heavy atom. The third-order valence-corrected chi connectivity index (χ3v) is 4.34. The number of allylic oxidation sites excluding steroid dienone is 1. The number of hydrogen-bond acceptors (Lipinski definition) is 6. The minimum atomic E-state index is -3.90. The van der Waals surface area contributed by atoms with Gasteiger partial charge in [0.1, 0.15) is 0 Å². The fourth-order valence-electron chi connectivity index (χ4n) is 0.812. The van der Waals surface area contributed by atoms with Gasteiger partial charge in [0.25, 0.3) is 4.34 Å². The molecule has 0 spiro atoms. The van der Waals surface area contributed by atoms with Gasteiger partial charge >= 0.3 is 10.0 Å². The molecule has 0 aliphatic heterocycles. The molecule has 18 heavy (non-hydrogen) atoms. The van der Waals surface area contributed by atoms with Gasteiger partial charge in [-0.25, -0.2) is 0 Å². The Morgan fingerprint density at radius 1 is 1.33 bits per heavy atom. The van der Waals surface area contributed by atoms with E-state index in [0.717, 1.165) is 11.3 Å². The Bertz CT molecular complexity index is 616. The zero-order valence-electron chi connectivity index (χ0n) is 10.1. The van der Waals surface area contributed by atoms with Crippen molar-refractivity contribution >= 4 is 38.1 Å². The predicted molar refractivity (Wildman–Crippen MR) is 69.3 cm³/mol. The standard InChI is InChI=1S/C9H12N4O3S2/c1-5(2)6(3)13-18(15,16)9-12-11-8(17-9)10-7(4)14/h1H2,2-4H3,(H,10,11,14). The fraction of sp³-hybridized carbons (Fsp3) is 0.333. The second-order valence-corrected chi connectivity index (χ2v) is 6.24. The lowest BCUT2D eigenvalue weighted by atomic mass is 10.2. The first kappa shape index (κ1) is 14.5. The van der Waals surface area contributed by atoms with E-state index in [1.54, 1.807) is 6.92 Å². The molecule has 0 bridgehead atoms. The summed E-state index contributed by atoms with van der Waals surface area (Å²) < 4.78 is 26.9. The second-order valence-electron chi connectivity index (χ2n) is 3.49. The van der Waals surface area contributed by atoms with Crippen molar-refractivity contribution in [2.45, 2.75) is 25.1 Å². The third kappa shape index (κ3) is 3.70. The van der Waals surface area contributed by atoms with E-state index >= 15 is 0 Å². The maximum absolute atomic E-state index is 11.8. The average Bonchev–Trinajstić information content (AvgIpc) is 2.64. The van der Waals surface area contributed by atoms with E-state index in [9.17, 15) is 13.2 Å². The first-order chi connectivity index (χ1) is 8.22. The first-order valence-corrected chi connectivity index (χ1v) is 7.06. The molecule has 0 saturated heterocycles. The summed E-state index contributed by atoms with van der Waals surface area (Å²) in [6.07, 6.45) is 0. The van der Waals surface area contributed by atoms with Crippen molar-refractivity contribution < 1.29 is 13.2 Å². The summed E-state index contributed by atoms with van der Waals surface area (Å²) in [6.45, 7) is 8.07. The van der Waals surface area contributed by atoms with Gasteiger partial charge in [0.15, 0.2) is 0 Å². The van der Waals surface area contributed by atoms with Crippen LogP contribution < -0.4 is 5.32 Å². The van der Waals surface area contributed by atoms with Crippen molar-refractivity contribution in [3.05, 3.63) is 12.2 Å². The fourth-order valence-corrected chi connectivity index (χ4v) is 2.84. The Balaban J connectivity index is 3.07. The topological polar surface area (TPSA) is 101 Å². The smallest absolute Gasteiger partial charge is 0.301 e. The van der Waals surface area contributed by atoms with Gasteiger partial charge in [-0.05, 0) is 19.4 Å². The highest BCUT2D eigenvalue weighted by molar-refractivity contribution is 7.92. The Kier molecular flexibility index (Phi) is 4.30. The second kappa shape index (κ2) is 5.36. The number of nitrogens with zero attached hydrogens (tertiary/aromatic N) is 3. The summed E-state index contributed by atoms with van der Waals surface area (Å²) in [6, 6.07) is 0. The highest BCUT2D eigenvalue weighted by atomic mass is 32.2. The molecule has 1 aromatic heterocycles. The summed E-state index contributed by atoms with van der Waals surface area (Å²) in [5.41, 5.74) is 0.844. The van der Waals surface area contributed by atoms with Crippen LogP contribution in [-0.2, 0) is 14.8 Å². The Hall–Kier alpha value is -1.61. The van der Waals surface area contributed by atoms with Gasteiger partial charge in [-0.1, -0.05) is 17.9 Å². The van der Waals surface area contributed by atoms with Gasteiger partial charge in [-0.2, -0.15) is 12.8 Å². The molecule has 0 aliphatic carbocycles. The summed E-state index contributed by atoms with van der Waals surface area (Å²) in [7, 11) is -3.90. The zero-order chi connectivity index (χ0) is 13.9. The molecule has 0 saturated carbocycles. The first-order valence-electron chi connectivity index (χ1n) is 4.81. The van der Waals surface area contributed by atoms with Gasteiger partial charge < -0.3 is 5.32 Å². The van der Waals surface area contributed by atoms with E-state index in [-0.39, 0.29) is 15.4 Å². The van der Waals surface area contributed by atoms with Crippen LogP contribution in [0.2, 0.25) is 0 Å². The molecular weight excluding hydrogens is 276 g/mol. The maximum atomic E-state index is 11.8. The van der Waals surface area contributed by atoms with Crippen LogP contribution in [-0.4, -0.2) is 30.2 Å². The number of carbonyl (C=O) groups is 1. The summed E-state index contributed by atoms with van der Waals surface area (Å²) >= 11 is 0.743. The molecule has 1 rings (SSSR count). The lowest BCUT2D eigenvalue weighted by Crippen LogP contribution is -2.04. The third-order valence-electron chi connectivity index (χ3n) is 1.78. The molecule has 1 aromatic rings. The molecule has 7 nitrogen and oxygen atoms in total. The van der Waals surface area contributed by atoms with Crippen molar-refractivity contribution in [2.75, 3.05) is 5.32 Å². The quantitative estimate of drug-likeness (QED) is 0.663. The van der Waals surface area contributed by atoms with Crippen LogP contribution in [0.4, 0.5) is 5.13 Å². The van der Waals surface area contributed by atoms with Crippen molar-refractivity contribution in [2.24, 2.45) is 4.40 Å². The van der Waals surface area contributed by atoms with E-state index < -0.39 is 10.0 Å². The number of nitrogens with one attached hydrogen (secondary N) is 1. The van der Waals surface area contributed by atoms with Gasteiger partial charge in [0.2, 0.25) is 11.0 Å². The van der Waals surface area contributed by atoms with Crippen LogP contribution in [0.1, 0.15) is 20.8 Å². The molecule has 1 N–H and O–H groups in total. The number of sulfonamides is 1. The Morgan fingerprint density at radius 3 is 2.44 bits per heavy atom. The molecule has 0 aliphatic rings. The number of anilines is 1. The normalized spacial score (nSPS) is 12.3. The number of aromatic nitrogens is 2. The molecule has 0 atom stereocenters. The van der Waals surface area contributed by atoms with Crippen molar-refractivity contribution in [1.82, 2.24) is 10.2 Å². The SMILES string of the molecule is C=C(C)C(C)=NS(=O)(=O)c1nnc(NC(C)=O)s1. The molecule has 1 heterocycles. The number of amides is 1. The molecule has 1 amide bonds. The molecule has 0 unspecified atom stereocenters. The van der Waals surface area contributed by atoms with E-state index in [1.807, 2.05) is 0 Å². The van der Waals surface area contributed by atoms with E-state index in [1.165, 1.54) is 13.8 Å². The predicted octanol–water partition coefficient (Wildman–Crippen LogP) is 1.22. The number of hydrogen-bond donors (Lipinski definition) is 1. The summed E-state index contributed by atoms with van der Waals surface area (Å²) in [5.74, 6) is -0.350. The monoisotopic (exact) mass is 288 g/mol. The number of rotatable bonds is 4. The largest absolute Gasteiger partial charge is 0.311 e. The van der Waals surface area contributed by atoms with Gasteiger partial charge in [0, 0.05) is 6.92 Å².